The maximum Gasteiger partial charge on any atom is 0.327 e. The maximum atomic E-state index is 12.1. The molecule has 0 radical (unpaired) electrons. The SMILES string of the molecule is CCOc1cc(N/C=C/[C@@H](C#N)C(=O)OCc2ccccc2)ccc1NC(C)=O. The molecule has 0 saturated carbocycles. The van der Waals surface area contributed by atoms with Crippen LogP contribution in [0.4, 0.5) is 11.4 Å². The highest BCUT2D eigenvalue weighted by atomic mass is 16.5. The van der Waals surface area contributed by atoms with Crippen molar-refractivity contribution in [1.82, 2.24) is 0 Å². The van der Waals surface area contributed by atoms with E-state index in [9.17, 15) is 14.9 Å². The van der Waals surface area contributed by atoms with E-state index in [4.69, 9.17) is 9.47 Å². The van der Waals surface area contributed by atoms with E-state index >= 15 is 0 Å². The molecular weight excluding hydrogens is 370 g/mol. The molecule has 0 heterocycles. The zero-order valence-corrected chi connectivity index (χ0v) is 16.3. The quantitative estimate of drug-likeness (QED) is 0.628. The van der Waals surface area contributed by atoms with Crippen molar-refractivity contribution in [3.63, 3.8) is 0 Å². The van der Waals surface area contributed by atoms with Crippen LogP contribution in [0.3, 0.4) is 0 Å². The summed E-state index contributed by atoms with van der Waals surface area (Å²) in [7, 11) is 0. The average molecular weight is 393 g/mol. The fourth-order valence-corrected chi connectivity index (χ4v) is 2.41. The first-order valence-electron chi connectivity index (χ1n) is 9.11. The highest BCUT2D eigenvalue weighted by Crippen LogP contribution is 2.28. The van der Waals surface area contributed by atoms with Gasteiger partial charge in [-0.05, 0) is 36.9 Å². The molecule has 150 valence electrons. The van der Waals surface area contributed by atoms with Crippen molar-refractivity contribution < 1.29 is 19.1 Å². The molecule has 0 aliphatic heterocycles. The third kappa shape index (κ3) is 7.03. The number of nitriles is 1. The molecule has 0 unspecified atom stereocenters. The number of hydrogen-bond acceptors (Lipinski definition) is 6. The molecule has 2 aromatic rings. The van der Waals surface area contributed by atoms with Crippen molar-refractivity contribution in [2.45, 2.75) is 20.5 Å². The van der Waals surface area contributed by atoms with Crippen LogP contribution in [0.25, 0.3) is 0 Å². The summed E-state index contributed by atoms with van der Waals surface area (Å²) in [4.78, 5) is 23.4. The van der Waals surface area contributed by atoms with Gasteiger partial charge in [-0.2, -0.15) is 5.26 Å². The molecule has 0 bridgehead atoms. The van der Waals surface area contributed by atoms with Crippen LogP contribution >= 0.6 is 0 Å². The van der Waals surface area contributed by atoms with Gasteiger partial charge in [-0.25, -0.2) is 0 Å². The van der Waals surface area contributed by atoms with Gasteiger partial charge in [0.05, 0.1) is 18.4 Å². The third-order valence-electron chi connectivity index (χ3n) is 3.75. The largest absolute Gasteiger partial charge is 0.492 e. The number of ether oxygens (including phenoxy) is 2. The first kappa shape index (κ1) is 21.5. The maximum absolute atomic E-state index is 12.1. The summed E-state index contributed by atoms with van der Waals surface area (Å²) in [6.45, 7) is 3.82. The molecule has 29 heavy (non-hydrogen) atoms. The van der Waals surface area contributed by atoms with Crippen molar-refractivity contribution >= 4 is 23.3 Å². The van der Waals surface area contributed by atoms with E-state index in [0.717, 1.165) is 5.56 Å². The fourth-order valence-electron chi connectivity index (χ4n) is 2.41. The van der Waals surface area contributed by atoms with E-state index in [2.05, 4.69) is 10.6 Å². The summed E-state index contributed by atoms with van der Waals surface area (Å²) in [5, 5.41) is 14.9. The van der Waals surface area contributed by atoms with Gasteiger partial charge in [0.25, 0.3) is 0 Å². The Kier molecular flexibility index (Phi) is 8.27. The monoisotopic (exact) mass is 393 g/mol. The first-order chi connectivity index (χ1) is 14.0. The Morgan fingerprint density at radius 1 is 1.21 bits per heavy atom. The highest BCUT2D eigenvalue weighted by Gasteiger charge is 2.16. The van der Waals surface area contributed by atoms with Crippen LogP contribution < -0.4 is 15.4 Å². The molecule has 2 aromatic carbocycles. The summed E-state index contributed by atoms with van der Waals surface area (Å²) < 4.78 is 10.7. The Bertz CT molecular complexity index is 904. The van der Waals surface area contributed by atoms with Crippen molar-refractivity contribution in [3.05, 3.63) is 66.4 Å². The van der Waals surface area contributed by atoms with Gasteiger partial charge in [0.15, 0.2) is 5.92 Å². The summed E-state index contributed by atoms with van der Waals surface area (Å²) in [6.07, 6.45) is 2.93. The lowest BCUT2D eigenvalue weighted by molar-refractivity contribution is -0.146. The fraction of sp³-hybridized carbons (Fsp3) is 0.227. The molecule has 7 nitrogen and oxygen atoms in total. The summed E-state index contributed by atoms with van der Waals surface area (Å²) >= 11 is 0. The van der Waals surface area contributed by atoms with Gasteiger partial charge in [0, 0.05) is 18.7 Å². The Labute approximate surface area is 169 Å². The second-order valence-corrected chi connectivity index (χ2v) is 6.03. The molecular formula is C22H23N3O4. The molecule has 0 aliphatic carbocycles. The van der Waals surface area contributed by atoms with Crippen molar-refractivity contribution in [2.24, 2.45) is 5.92 Å². The van der Waals surface area contributed by atoms with E-state index in [1.807, 2.05) is 43.3 Å². The standard InChI is InChI=1S/C22H23N3O4/c1-3-28-21-13-19(9-10-20(21)25-16(2)26)24-12-11-18(14-23)22(27)29-15-17-7-5-4-6-8-17/h4-13,18,24H,3,15H2,1-2H3,(H,25,26)/b12-11+/t18-/m0/s1. The van der Waals surface area contributed by atoms with Crippen LogP contribution in [0, 0.1) is 17.2 Å². The normalized spacial score (nSPS) is 11.3. The molecule has 0 saturated heterocycles. The minimum atomic E-state index is -1.03. The summed E-state index contributed by atoms with van der Waals surface area (Å²) in [5.41, 5.74) is 2.09. The molecule has 0 aliphatic rings. The Morgan fingerprint density at radius 3 is 2.62 bits per heavy atom. The van der Waals surface area contributed by atoms with Gasteiger partial charge in [-0.1, -0.05) is 30.3 Å². The predicted octanol–water partition coefficient (Wildman–Crippen LogP) is 3.85. The van der Waals surface area contributed by atoms with Crippen LogP contribution in [0.2, 0.25) is 0 Å². The predicted molar refractivity (Wildman–Crippen MR) is 110 cm³/mol. The number of nitrogens with zero attached hydrogens (tertiary/aromatic N) is 1. The number of anilines is 2. The number of esters is 1. The third-order valence-corrected chi connectivity index (χ3v) is 3.75. The van der Waals surface area contributed by atoms with Crippen molar-refractivity contribution in [1.29, 1.82) is 5.26 Å². The molecule has 0 aromatic heterocycles. The van der Waals surface area contributed by atoms with Crippen LogP contribution in [0.1, 0.15) is 19.4 Å². The zero-order chi connectivity index (χ0) is 21.1. The lowest BCUT2D eigenvalue weighted by Gasteiger charge is -2.12. The number of hydrogen-bond donors (Lipinski definition) is 2. The van der Waals surface area contributed by atoms with E-state index < -0.39 is 11.9 Å². The summed E-state index contributed by atoms with van der Waals surface area (Å²) in [6, 6.07) is 16.3. The van der Waals surface area contributed by atoms with Crippen LogP contribution in [0.5, 0.6) is 5.75 Å². The molecule has 0 spiro atoms. The van der Waals surface area contributed by atoms with Gasteiger partial charge in [0.2, 0.25) is 5.91 Å². The summed E-state index contributed by atoms with van der Waals surface area (Å²) in [5.74, 6) is -1.33. The Morgan fingerprint density at radius 2 is 1.97 bits per heavy atom. The smallest absolute Gasteiger partial charge is 0.327 e. The van der Waals surface area contributed by atoms with Gasteiger partial charge in [-0.3, -0.25) is 9.59 Å². The number of amides is 1. The average Bonchev–Trinajstić information content (AvgIpc) is 2.72. The molecule has 1 amide bonds. The van der Waals surface area contributed by atoms with Crippen molar-refractivity contribution in [2.75, 3.05) is 17.2 Å². The molecule has 2 N–H and O–H groups in total. The first-order valence-corrected chi connectivity index (χ1v) is 9.11. The Balaban J connectivity index is 1.97. The number of carbonyl (C=O) groups is 2. The molecule has 1 atom stereocenters. The van der Waals surface area contributed by atoms with Crippen molar-refractivity contribution in [3.8, 4) is 11.8 Å². The minimum absolute atomic E-state index is 0.113. The van der Waals surface area contributed by atoms with Crippen LogP contribution in [-0.2, 0) is 20.9 Å². The number of rotatable bonds is 9. The van der Waals surface area contributed by atoms with Gasteiger partial charge in [0.1, 0.15) is 12.4 Å². The second kappa shape index (κ2) is 11.1. The van der Waals surface area contributed by atoms with E-state index in [-0.39, 0.29) is 12.5 Å². The topological polar surface area (TPSA) is 100 Å². The second-order valence-electron chi connectivity index (χ2n) is 6.03. The molecule has 0 fully saturated rings. The highest BCUT2D eigenvalue weighted by molar-refractivity contribution is 5.90. The van der Waals surface area contributed by atoms with Gasteiger partial charge in [-0.15, -0.1) is 0 Å². The number of benzene rings is 2. The van der Waals surface area contributed by atoms with E-state index in [1.165, 1.54) is 19.2 Å². The number of nitrogens with one attached hydrogen (secondary N) is 2. The van der Waals surface area contributed by atoms with Crippen LogP contribution in [-0.4, -0.2) is 18.5 Å². The van der Waals surface area contributed by atoms with Gasteiger partial charge >= 0.3 is 5.97 Å². The van der Waals surface area contributed by atoms with E-state index in [1.54, 1.807) is 18.2 Å². The Hall–Kier alpha value is -3.79. The lowest BCUT2D eigenvalue weighted by atomic mass is 10.1. The lowest BCUT2D eigenvalue weighted by Crippen LogP contribution is -2.14. The van der Waals surface area contributed by atoms with Crippen LogP contribution in [0.15, 0.2) is 60.8 Å². The molecule has 2 rings (SSSR count). The zero-order valence-electron chi connectivity index (χ0n) is 16.3. The number of carbonyl (C=O) groups excluding carboxylic acids is 2. The minimum Gasteiger partial charge on any atom is -0.492 e. The van der Waals surface area contributed by atoms with Gasteiger partial charge < -0.3 is 20.1 Å². The molecule has 7 heteroatoms. The van der Waals surface area contributed by atoms with E-state index in [0.29, 0.717) is 23.7 Å².